The molecule has 21 heavy (non-hydrogen) atoms. The van der Waals surface area contributed by atoms with Gasteiger partial charge < -0.3 is 10.1 Å². The summed E-state index contributed by atoms with van der Waals surface area (Å²) >= 11 is 3.26. The highest BCUT2D eigenvalue weighted by molar-refractivity contribution is 9.10. The molecule has 0 bridgehead atoms. The summed E-state index contributed by atoms with van der Waals surface area (Å²) in [5, 5.41) is 8.04. The summed E-state index contributed by atoms with van der Waals surface area (Å²) < 4.78 is 28.7. The van der Waals surface area contributed by atoms with Crippen LogP contribution in [0.1, 0.15) is 28.8 Å². The van der Waals surface area contributed by atoms with Crippen molar-refractivity contribution in [1.29, 1.82) is 0 Å². The molecule has 0 spiro atoms. The standard InChI is InChI=1S/C13H17BrN2O4S/c1-8-11(6-10(7-12(8)14)21(15,18)19)13(17)16-9-2-4-20-5-3-9/h6-7,9H,2-5H2,1H3,(H,16,17)(H2,15,18,19). The number of nitrogens with two attached hydrogens (primary N) is 1. The molecule has 1 heterocycles. The number of ether oxygens (including phenoxy) is 1. The predicted molar refractivity (Wildman–Crippen MR) is 81.6 cm³/mol. The van der Waals surface area contributed by atoms with E-state index in [1.165, 1.54) is 12.1 Å². The minimum Gasteiger partial charge on any atom is -0.381 e. The Morgan fingerprint density at radius 3 is 2.57 bits per heavy atom. The van der Waals surface area contributed by atoms with Crippen LogP contribution in [-0.4, -0.2) is 33.6 Å². The second-order valence-corrected chi connectivity index (χ2v) is 7.40. The topological polar surface area (TPSA) is 98.5 Å². The molecule has 1 fully saturated rings. The monoisotopic (exact) mass is 376 g/mol. The first-order valence-electron chi connectivity index (χ1n) is 6.50. The predicted octanol–water partition coefficient (Wildman–Crippen LogP) is 1.31. The van der Waals surface area contributed by atoms with Crippen molar-refractivity contribution in [2.75, 3.05) is 13.2 Å². The van der Waals surface area contributed by atoms with E-state index in [9.17, 15) is 13.2 Å². The van der Waals surface area contributed by atoms with Gasteiger partial charge in [-0.3, -0.25) is 4.79 Å². The van der Waals surface area contributed by atoms with Gasteiger partial charge in [0.25, 0.3) is 5.91 Å². The first-order chi connectivity index (χ1) is 9.79. The van der Waals surface area contributed by atoms with Crippen molar-refractivity contribution in [3.63, 3.8) is 0 Å². The van der Waals surface area contributed by atoms with Crippen molar-refractivity contribution in [3.05, 3.63) is 27.7 Å². The Labute approximate surface area is 132 Å². The molecule has 3 N–H and O–H groups in total. The third-order valence-electron chi connectivity index (χ3n) is 3.45. The van der Waals surface area contributed by atoms with Gasteiger partial charge in [-0.15, -0.1) is 0 Å². The average Bonchev–Trinajstić information content (AvgIpc) is 2.41. The van der Waals surface area contributed by atoms with Gasteiger partial charge >= 0.3 is 0 Å². The molecule has 0 unspecified atom stereocenters. The lowest BCUT2D eigenvalue weighted by atomic mass is 10.1. The molecule has 116 valence electrons. The number of hydrogen-bond acceptors (Lipinski definition) is 4. The highest BCUT2D eigenvalue weighted by Crippen LogP contribution is 2.24. The fraction of sp³-hybridized carbons (Fsp3) is 0.462. The fourth-order valence-corrected chi connectivity index (χ4v) is 3.34. The van der Waals surface area contributed by atoms with Gasteiger partial charge in [0.15, 0.2) is 0 Å². The SMILES string of the molecule is Cc1c(Br)cc(S(N)(=O)=O)cc1C(=O)NC1CCOCC1. The Balaban J connectivity index is 2.29. The van der Waals surface area contributed by atoms with Crippen LogP contribution in [0.4, 0.5) is 0 Å². The van der Waals surface area contributed by atoms with Crippen molar-refractivity contribution in [1.82, 2.24) is 5.32 Å². The number of carbonyl (C=O) groups is 1. The maximum atomic E-state index is 12.4. The van der Waals surface area contributed by atoms with Crippen molar-refractivity contribution in [2.45, 2.75) is 30.7 Å². The first-order valence-corrected chi connectivity index (χ1v) is 8.84. The Bertz CT molecular complexity index is 654. The van der Waals surface area contributed by atoms with E-state index in [1.807, 2.05) is 0 Å². The van der Waals surface area contributed by atoms with Gasteiger partial charge in [0.1, 0.15) is 0 Å². The van der Waals surface area contributed by atoms with Crippen LogP contribution in [0.2, 0.25) is 0 Å². The summed E-state index contributed by atoms with van der Waals surface area (Å²) in [6, 6.07) is 2.75. The molecule has 6 nitrogen and oxygen atoms in total. The summed E-state index contributed by atoms with van der Waals surface area (Å²) in [5.41, 5.74) is 0.979. The van der Waals surface area contributed by atoms with Crippen molar-refractivity contribution < 1.29 is 17.9 Å². The normalized spacial score (nSPS) is 16.7. The molecule has 2 rings (SSSR count). The van der Waals surface area contributed by atoms with Gasteiger partial charge in [-0.05, 0) is 37.5 Å². The van der Waals surface area contributed by atoms with Gasteiger partial charge in [0.05, 0.1) is 4.90 Å². The number of amides is 1. The minimum absolute atomic E-state index is 0.0440. The maximum Gasteiger partial charge on any atom is 0.251 e. The lowest BCUT2D eigenvalue weighted by Gasteiger charge is -2.23. The molecule has 0 radical (unpaired) electrons. The van der Waals surface area contributed by atoms with Crippen LogP contribution < -0.4 is 10.5 Å². The average molecular weight is 377 g/mol. The molecular weight excluding hydrogens is 360 g/mol. The zero-order valence-corrected chi connectivity index (χ0v) is 14.0. The van der Waals surface area contributed by atoms with Crippen molar-refractivity contribution >= 4 is 31.9 Å². The van der Waals surface area contributed by atoms with Crippen LogP contribution in [0.3, 0.4) is 0 Å². The number of halogens is 1. The van der Waals surface area contributed by atoms with E-state index in [4.69, 9.17) is 9.88 Å². The molecule has 0 saturated carbocycles. The fourth-order valence-electron chi connectivity index (χ4n) is 2.16. The Kier molecular flexibility index (Phi) is 5.03. The van der Waals surface area contributed by atoms with E-state index in [-0.39, 0.29) is 16.8 Å². The molecule has 0 aliphatic carbocycles. The van der Waals surface area contributed by atoms with E-state index in [1.54, 1.807) is 6.92 Å². The summed E-state index contributed by atoms with van der Waals surface area (Å²) in [6.45, 7) is 2.98. The number of rotatable bonds is 3. The number of carbonyl (C=O) groups excluding carboxylic acids is 1. The number of nitrogens with one attached hydrogen (secondary N) is 1. The summed E-state index contributed by atoms with van der Waals surface area (Å²) in [6.07, 6.45) is 1.50. The Morgan fingerprint density at radius 2 is 2.00 bits per heavy atom. The van der Waals surface area contributed by atoms with Crippen LogP contribution >= 0.6 is 15.9 Å². The van der Waals surface area contributed by atoms with E-state index < -0.39 is 10.0 Å². The smallest absolute Gasteiger partial charge is 0.251 e. The maximum absolute atomic E-state index is 12.4. The van der Waals surface area contributed by atoms with E-state index in [2.05, 4.69) is 21.2 Å². The minimum atomic E-state index is -3.86. The van der Waals surface area contributed by atoms with Gasteiger partial charge in [-0.2, -0.15) is 0 Å². The number of sulfonamides is 1. The van der Waals surface area contributed by atoms with Crippen LogP contribution in [0.5, 0.6) is 0 Å². The quantitative estimate of drug-likeness (QED) is 0.830. The third kappa shape index (κ3) is 4.03. The first kappa shape index (κ1) is 16.4. The summed E-state index contributed by atoms with van der Waals surface area (Å²) in [4.78, 5) is 12.3. The molecule has 1 aromatic carbocycles. The highest BCUT2D eigenvalue weighted by atomic mass is 79.9. The highest BCUT2D eigenvalue weighted by Gasteiger charge is 2.21. The zero-order valence-electron chi connectivity index (χ0n) is 11.6. The molecule has 8 heteroatoms. The molecule has 1 aromatic rings. The van der Waals surface area contributed by atoms with E-state index in [0.29, 0.717) is 28.8 Å². The van der Waals surface area contributed by atoms with E-state index in [0.717, 1.165) is 12.8 Å². The molecule has 1 aliphatic rings. The van der Waals surface area contributed by atoms with Crippen LogP contribution in [-0.2, 0) is 14.8 Å². The third-order valence-corrected chi connectivity index (χ3v) is 5.16. The molecule has 1 amide bonds. The lowest BCUT2D eigenvalue weighted by Crippen LogP contribution is -2.39. The second-order valence-electron chi connectivity index (χ2n) is 4.98. The van der Waals surface area contributed by atoms with Crippen LogP contribution in [0, 0.1) is 6.92 Å². The van der Waals surface area contributed by atoms with Gasteiger partial charge in [-0.1, -0.05) is 15.9 Å². The summed E-state index contributed by atoms with van der Waals surface area (Å²) in [5.74, 6) is -0.300. The second kappa shape index (κ2) is 6.43. The number of benzene rings is 1. The zero-order chi connectivity index (χ0) is 15.6. The molecule has 1 aliphatic heterocycles. The molecular formula is C13H17BrN2O4S. The Morgan fingerprint density at radius 1 is 1.38 bits per heavy atom. The van der Waals surface area contributed by atoms with Gasteiger partial charge in [0.2, 0.25) is 10.0 Å². The van der Waals surface area contributed by atoms with Crippen molar-refractivity contribution in [2.24, 2.45) is 5.14 Å². The largest absolute Gasteiger partial charge is 0.381 e. The van der Waals surface area contributed by atoms with Crippen LogP contribution in [0.25, 0.3) is 0 Å². The van der Waals surface area contributed by atoms with Gasteiger partial charge in [-0.25, -0.2) is 13.6 Å². The van der Waals surface area contributed by atoms with Crippen molar-refractivity contribution in [3.8, 4) is 0 Å². The lowest BCUT2D eigenvalue weighted by molar-refractivity contribution is 0.0696. The molecule has 0 atom stereocenters. The van der Waals surface area contributed by atoms with Gasteiger partial charge in [0, 0.05) is 29.3 Å². The molecule has 0 aromatic heterocycles. The number of primary sulfonamides is 1. The van der Waals surface area contributed by atoms with Crippen LogP contribution in [0.15, 0.2) is 21.5 Å². The van der Waals surface area contributed by atoms with E-state index >= 15 is 0 Å². The molecule has 1 saturated heterocycles. The number of hydrogen-bond donors (Lipinski definition) is 2. The Hall–Kier alpha value is -0.960. The summed E-state index contributed by atoms with van der Waals surface area (Å²) in [7, 11) is -3.86.